The molecule has 1 aliphatic heterocycles. The van der Waals surface area contributed by atoms with Gasteiger partial charge in [0.05, 0.1) is 13.0 Å². The predicted molar refractivity (Wildman–Crippen MR) is 71.4 cm³/mol. The lowest BCUT2D eigenvalue weighted by Gasteiger charge is -2.17. The van der Waals surface area contributed by atoms with Crippen LogP contribution in [0, 0.1) is 11.8 Å². The summed E-state index contributed by atoms with van der Waals surface area (Å²) in [5, 5.41) is 9.38. The zero-order valence-electron chi connectivity index (χ0n) is 11.2. The van der Waals surface area contributed by atoms with E-state index in [-0.39, 0.29) is 5.92 Å². The summed E-state index contributed by atoms with van der Waals surface area (Å²) in [7, 11) is 1.61. The van der Waals surface area contributed by atoms with Gasteiger partial charge in [-0.1, -0.05) is 18.2 Å². The number of para-hydroxylation sites is 1. The Labute approximate surface area is 113 Å². The summed E-state index contributed by atoms with van der Waals surface area (Å²) in [5.41, 5.74) is 0.955. The van der Waals surface area contributed by atoms with Crippen molar-refractivity contribution >= 4 is 5.97 Å². The van der Waals surface area contributed by atoms with Gasteiger partial charge in [-0.3, -0.25) is 4.79 Å². The standard InChI is InChI=1S/C15H20O4/c1-18-14-5-3-2-4-12(14)9-13(15(16)17)8-11-6-7-19-10-11/h2-5,11,13H,6-10H2,1H3,(H,16,17). The zero-order valence-corrected chi connectivity index (χ0v) is 11.2. The number of ether oxygens (including phenoxy) is 2. The van der Waals surface area contributed by atoms with E-state index in [0.717, 1.165) is 24.3 Å². The molecular weight excluding hydrogens is 244 g/mol. The fourth-order valence-electron chi connectivity index (χ4n) is 2.58. The first-order chi connectivity index (χ1) is 9.20. The van der Waals surface area contributed by atoms with E-state index >= 15 is 0 Å². The third-order valence-electron chi connectivity index (χ3n) is 3.65. The van der Waals surface area contributed by atoms with E-state index in [2.05, 4.69) is 0 Å². The molecule has 4 nitrogen and oxygen atoms in total. The van der Waals surface area contributed by atoms with Gasteiger partial charge < -0.3 is 14.6 Å². The van der Waals surface area contributed by atoms with Crippen LogP contribution < -0.4 is 4.74 Å². The van der Waals surface area contributed by atoms with Crippen LogP contribution in [0.5, 0.6) is 5.75 Å². The highest BCUT2D eigenvalue weighted by Gasteiger charge is 2.26. The van der Waals surface area contributed by atoms with Crippen molar-refractivity contribution in [1.82, 2.24) is 0 Å². The highest BCUT2D eigenvalue weighted by Crippen LogP contribution is 2.27. The van der Waals surface area contributed by atoms with E-state index in [1.54, 1.807) is 7.11 Å². The summed E-state index contributed by atoms with van der Waals surface area (Å²) in [6.45, 7) is 1.45. The molecule has 1 saturated heterocycles. The molecule has 104 valence electrons. The molecule has 1 N–H and O–H groups in total. The molecule has 0 bridgehead atoms. The van der Waals surface area contributed by atoms with E-state index in [1.807, 2.05) is 24.3 Å². The molecule has 0 aliphatic carbocycles. The smallest absolute Gasteiger partial charge is 0.306 e. The van der Waals surface area contributed by atoms with Gasteiger partial charge in [0.15, 0.2) is 0 Å². The highest BCUT2D eigenvalue weighted by molar-refractivity contribution is 5.70. The maximum Gasteiger partial charge on any atom is 0.306 e. The molecule has 1 aliphatic rings. The van der Waals surface area contributed by atoms with Gasteiger partial charge in [-0.05, 0) is 36.8 Å². The van der Waals surface area contributed by atoms with Crippen LogP contribution in [-0.2, 0) is 16.0 Å². The second-order valence-corrected chi connectivity index (χ2v) is 5.02. The number of carboxylic acids is 1. The van der Waals surface area contributed by atoms with Gasteiger partial charge in [0.25, 0.3) is 0 Å². The SMILES string of the molecule is COc1ccccc1CC(CC1CCOC1)C(=O)O. The number of hydrogen-bond donors (Lipinski definition) is 1. The molecule has 0 saturated carbocycles. The molecule has 2 rings (SSSR count). The van der Waals surface area contributed by atoms with E-state index < -0.39 is 5.97 Å². The number of methoxy groups -OCH3 is 1. The largest absolute Gasteiger partial charge is 0.496 e. The van der Waals surface area contributed by atoms with Crippen molar-refractivity contribution in [2.24, 2.45) is 11.8 Å². The van der Waals surface area contributed by atoms with Gasteiger partial charge in [-0.2, -0.15) is 0 Å². The molecule has 0 aromatic heterocycles. The lowest BCUT2D eigenvalue weighted by atomic mass is 9.89. The number of rotatable bonds is 6. The van der Waals surface area contributed by atoms with Crippen molar-refractivity contribution in [2.75, 3.05) is 20.3 Å². The maximum atomic E-state index is 11.4. The van der Waals surface area contributed by atoms with Gasteiger partial charge in [0.2, 0.25) is 0 Å². The van der Waals surface area contributed by atoms with Crippen molar-refractivity contribution in [3.8, 4) is 5.75 Å². The normalized spacial score (nSPS) is 20.2. The average Bonchev–Trinajstić information content (AvgIpc) is 2.91. The molecule has 4 heteroatoms. The number of aliphatic carboxylic acids is 1. The first-order valence-corrected chi connectivity index (χ1v) is 6.63. The Bertz CT molecular complexity index is 424. The maximum absolute atomic E-state index is 11.4. The summed E-state index contributed by atoms with van der Waals surface area (Å²) in [6, 6.07) is 7.60. The number of hydrogen-bond acceptors (Lipinski definition) is 3. The fourth-order valence-corrected chi connectivity index (χ4v) is 2.58. The Balaban J connectivity index is 2.05. The van der Waals surface area contributed by atoms with Gasteiger partial charge >= 0.3 is 5.97 Å². The zero-order chi connectivity index (χ0) is 13.7. The van der Waals surface area contributed by atoms with Gasteiger partial charge in [-0.25, -0.2) is 0 Å². The van der Waals surface area contributed by atoms with Crippen molar-refractivity contribution in [1.29, 1.82) is 0 Å². The quantitative estimate of drug-likeness (QED) is 0.857. The summed E-state index contributed by atoms with van der Waals surface area (Å²) in [4.78, 5) is 11.4. The summed E-state index contributed by atoms with van der Waals surface area (Å²) in [5.74, 6) is 0.0213. The van der Waals surface area contributed by atoms with Gasteiger partial charge in [0, 0.05) is 13.2 Å². The van der Waals surface area contributed by atoms with E-state index in [0.29, 0.717) is 25.4 Å². The molecule has 0 spiro atoms. The minimum atomic E-state index is -0.738. The van der Waals surface area contributed by atoms with Crippen molar-refractivity contribution in [2.45, 2.75) is 19.3 Å². The van der Waals surface area contributed by atoms with Crippen LogP contribution in [-0.4, -0.2) is 31.4 Å². The summed E-state index contributed by atoms with van der Waals surface area (Å²) < 4.78 is 10.6. The van der Waals surface area contributed by atoms with Crippen molar-refractivity contribution in [3.63, 3.8) is 0 Å². The van der Waals surface area contributed by atoms with Crippen LogP contribution in [0.4, 0.5) is 0 Å². The van der Waals surface area contributed by atoms with E-state index in [1.165, 1.54) is 0 Å². The molecule has 1 fully saturated rings. The van der Waals surface area contributed by atoms with Crippen LogP contribution in [0.3, 0.4) is 0 Å². The second-order valence-electron chi connectivity index (χ2n) is 5.02. The molecule has 1 aromatic carbocycles. The topological polar surface area (TPSA) is 55.8 Å². The molecule has 1 aromatic rings. The molecule has 1 heterocycles. The molecule has 19 heavy (non-hydrogen) atoms. The lowest BCUT2D eigenvalue weighted by Crippen LogP contribution is -2.20. The van der Waals surface area contributed by atoms with Crippen molar-refractivity contribution < 1.29 is 19.4 Å². The molecule has 2 unspecified atom stereocenters. The third kappa shape index (κ3) is 3.70. The molecule has 0 radical (unpaired) electrons. The molecule has 0 amide bonds. The summed E-state index contributed by atoms with van der Waals surface area (Å²) in [6.07, 6.45) is 2.15. The van der Waals surface area contributed by atoms with Crippen molar-refractivity contribution in [3.05, 3.63) is 29.8 Å². The first-order valence-electron chi connectivity index (χ1n) is 6.63. The minimum absolute atomic E-state index is 0.371. The van der Waals surface area contributed by atoms with Crippen LogP contribution in [0.2, 0.25) is 0 Å². The Kier molecular flexibility index (Phi) is 4.80. The van der Waals surface area contributed by atoms with E-state index in [4.69, 9.17) is 9.47 Å². The van der Waals surface area contributed by atoms with Gasteiger partial charge in [-0.15, -0.1) is 0 Å². The minimum Gasteiger partial charge on any atom is -0.496 e. The number of carbonyl (C=O) groups is 1. The Morgan fingerprint density at radius 2 is 2.32 bits per heavy atom. The second kappa shape index (κ2) is 6.57. The summed E-state index contributed by atoms with van der Waals surface area (Å²) >= 11 is 0. The Morgan fingerprint density at radius 1 is 1.53 bits per heavy atom. The lowest BCUT2D eigenvalue weighted by molar-refractivity contribution is -0.142. The van der Waals surface area contributed by atoms with Gasteiger partial charge in [0.1, 0.15) is 5.75 Å². The Morgan fingerprint density at radius 3 is 2.95 bits per heavy atom. The third-order valence-corrected chi connectivity index (χ3v) is 3.65. The monoisotopic (exact) mass is 264 g/mol. The number of benzene rings is 1. The highest BCUT2D eigenvalue weighted by atomic mass is 16.5. The van der Waals surface area contributed by atoms with Crippen LogP contribution in [0.25, 0.3) is 0 Å². The molecule has 2 atom stereocenters. The van der Waals surface area contributed by atoms with Crippen LogP contribution in [0.1, 0.15) is 18.4 Å². The average molecular weight is 264 g/mol. The fraction of sp³-hybridized carbons (Fsp3) is 0.533. The first kappa shape index (κ1) is 13.9. The number of carboxylic acid groups (broad SMARTS) is 1. The van der Waals surface area contributed by atoms with E-state index in [9.17, 15) is 9.90 Å². The van der Waals surface area contributed by atoms with Crippen LogP contribution >= 0.6 is 0 Å². The molecular formula is C15H20O4. The van der Waals surface area contributed by atoms with Crippen LogP contribution in [0.15, 0.2) is 24.3 Å². The Hall–Kier alpha value is -1.55. The predicted octanol–water partition coefficient (Wildman–Crippen LogP) is 2.37.